The smallest absolute Gasteiger partial charge is 0.306 e. The van der Waals surface area contributed by atoms with Gasteiger partial charge in [0.2, 0.25) is 0 Å². The Kier molecular flexibility index (Phi) is 5.33. The van der Waals surface area contributed by atoms with Crippen LogP contribution in [0.25, 0.3) is 0 Å². The van der Waals surface area contributed by atoms with Crippen LogP contribution in [-0.2, 0) is 14.3 Å². The summed E-state index contributed by atoms with van der Waals surface area (Å²) in [5.74, 6) is -1.01. The van der Waals surface area contributed by atoms with E-state index in [-0.39, 0.29) is 12.8 Å². The van der Waals surface area contributed by atoms with Gasteiger partial charge in [-0.3, -0.25) is 9.59 Å². The molecule has 0 spiro atoms. The number of hydrogen-bond donors (Lipinski definition) is 0. The minimum Gasteiger partial charge on any atom is -0.466 e. The van der Waals surface area contributed by atoms with Crippen LogP contribution in [0.3, 0.4) is 0 Å². The molecule has 0 radical (unpaired) electrons. The summed E-state index contributed by atoms with van der Waals surface area (Å²) in [6.07, 6.45) is -0.0775. The number of carbonyl (C=O) groups excluding carboxylic acids is 2. The number of esters is 1. The van der Waals surface area contributed by atoms with Crippen LogP contribution in [0.1, 0.15) is 19.8 Å². The van der Waals surface area contributed by atoms with Crippen molar-refractivity contribution in [2.24, 2.45) is 0 Å². The summed E-state index contributed by atoms with van der Waals surface area (Å²) in [6.45, 7) is 0.969. The molecular formula is C7H11FO3. The van der Waals surface area contributed by atoms with E-state index in [0.717, 1.165) is 0 Å². The fourth-order valence-electron chi connectivity index (χ4n) is 0.541. The second kappa shape index (κ2) is 5.82. The number of Topliss-reactive ketones (excluding diaryl/α,β-unsaturated/α-hetero) is 1. The molecule has 0 bridgehead atoms. The number of hydrogen-bond acceptors (Lipinski definition) is 3. The summed E-state index contributed by atoms with van der Waals surface area (Å²) in [7, 11) is 0. The standard InChI is InChI=1S/C7H11FO3/c1-2-11-7(10)4-3-6(9)5-8/h2-5H2,1H3. The van der Waals surface area contributed by atoms with Crippen molar-refractivity contribution < 1.29 is 18.7 Å². The van der Waals surface area contributed by atoms with Crippen LogP contribution in [0, 0.1) is 0 Å². The maximum atomic E-state index is 11.5. The highest BCUT2D eigenvalue weighted by Crippen LogP contribution is 1.94. The van der Waals surface area contributed by atoms with Gasteiger partial charge in [-0.2, -0.15) is 0 Å². The summed E-state index contributed by atoms with van der Waals surface area (Å²) < 4.78 is 16.0. The van der Waals surface area contributed by atoms with Crippen molar-refractivity contribution in [3.8, 4) is 0 Å². The van der Waals surface area contributed by atoms with Gasteiger partial charge in [0.15, 0.2) is 5.78 Å². The largest absolute Gasteiger partial charge is 0.466 e. The molecule has 0 atom stereocenters. The highest BCUT2D eigenvalue weighted by molar-refractivity contribution is 5.83. The van der Waals surface area contributed by atoms with Crippen LogP contribution in [0.5, 0.6) is 0 Å². The van der Waals surface area contributed by atoms with Crippen LogP contribution in [0.15, 0.2) is 0 Å². The topological polar surface area (TPSA) is 43.4 Å². The lowest BCUT2D eigenvalue weighted by molar-refractivity contribution is -0.144. The first-order valence-electron chi connectivity index (χ1n) is 3.44. The lowest BCUT2D eigenvalue weighted by Crippen LogP contribution is -2.08. The van der Waals surface area contributed by atoms with E-state index in [4.69, 9.17) is 0 Å². The fourth-order valence-corrected chi connectivity index (χ4v) is 0.541. The van der Waals surface area contributed by atoms with E-state index in [0.29, 0.717) is 6.61 Å². The van der Waals surface area contributed by atoms with Gasteiger partial charge >= 0.3 is 5.97 Å². The molecule has 0 rings (SSSR count). The molecule has 0 heterocycles. The first-order chi connectivity index (χ1) is 5.20. The number of alkyl halides is 1. The van der Waals surface area contributed by atoms with Gasteiger partial charge in [-0.25, -0.2) is 4.39 Å². The molecule has 0 amide bonds. The van der Waals surface area contributed by atoms with E-state index >= 15 is 0 Å². The van der Waals surface area contributed by atoms with Crippen molar-refractivity contribution in [2.45, 2.75) is 19.8 Å². The number of carbonyl (C=O) groups is 2. The van der Waals surface area contributed by atoms with Crippen molar-refractivity contribution in [1.82, 2.24) is 0 Å². The summed E-state index contributed by atoms with van der Waals surface area (Å²) in [6, 6.07) is 0. The summed E-state index contributed by atoms with van der Waals surface area (Å²) in [5.41, 5.74) is 0. The predicted molar refractivity (Wildman–Crippen MR) is 36.8 cm³/mol. The maximum Gasteiger partial charge on any atom is 0.306 e. The Labute approximate surface area is 64.5 Å². The molecule has 0 saturated carbocycles. The zero-order chi connectivity index (χ0) is 8.69. The fraction of sp³-hybridized carbons (Fsp3) is 0.714. The van der Waals surface area contributed by atoms with E-state index in [1.807, 2.05) is 0 Å². The SMILES string of the molecule is CCOC(=O)CCC(=O)CF. The molecule has 11 heavy (non-hydrogen) atoms. The highest BCUT2D eigenvalue weighted by Gasteiger charge is 2.06. The van der Waals surface area contributed by atoms with E-state index in [2.05, 4.69) is 4.74 Å². The Hall–Kier alpha value is -0.930. The van der Waals surface area contributed by atoms with Gasteiger partial charge in [0.25, 0.3) is 0 Å². The molecule has 3 nitrogen and oxygen atoms in total. The van der Waals surface area contributed by atoms with Gasteiger partial charge < -0.3 is 4.74 Å². The third-order valence-electron chi connectivity index (χ3n) is 1.06. The summed E-state index contributed by atoms with van der Waals surface area (Å²) >= 11 is 0. The second-order valence-corrected chi connectivity index (χ2v) is 1.98. The van der Waals surface area contributed by atoms with Gasteiger partial charge in [0.05, 0.1) is 13.0 Å². The Balaban J connectivity index is 3.38. The van der Waals surface area contributed by atoms with Crippen LogP contribution in [0.4, 0.5) is 4.39 Å². The zero-order valence-corrected chi connectivity index (χ0v) is 6.43. The minimum absolute atomic E-state index is 0.0173. The number of ether oxygens (including phenoxy) is 1. The number of halogens is 1. The predicted octanol–water partition coefficient (Wildman–Crippen LogP) is 0.868. The lowest BCUT2D eigenvalue weighted by Gasteiger charge is -1.98. The molecule has 0 aromatic carbocycles. The first kappa shape index (κ1) is 10.1. The number of ketones is 1. The molecule has 0 aromatic rings. The monoisotopic (exact) mass is 162 g/mol. The summed E-state index contributed by atoms with van der Waals surface area (Å²) in [5, 5.41) is 0. The Morgan fingerprint density at radius 1 is 1.36 bits per heavy atom. The molecule has 0 unspecified atom stereocenters. The van der Waals surface area contributed by atoms with E-state index < -0.39 is 18.4 Å². The van der Waals surface area contributed by atoms with Gasteiger partial charge in [0.1, 0.15) is 6.67 Å². The van der Waals surface area contributed by atoms with Crippen LogP contribution in [0.2, 0.25) is 0 Å². The van der Waals surface area contributed by atoms with Gasteiger partial charge in [-0.15, -0.1) is 0 Å². The lowest BCUT2D eigenvalue weighted by atomic mass is 10.2. The van der Waals surface area contributed by atoms with Crippen molar-refractivity contribution in [2.75, 3.05) is 13.3 Å². The van der Waals surface area contributed by atoms with Crippen molar-refractivity contribution in [1.29, 1.82) is 0 Å². The van der Waals surface area contributed by atoms with Crippen molar-refractivity contribution in [3.05, 3.63) is 0 Å². The Morgan fingerprint density at radius 2 is 2.00 bits per heavy atom. The van der Waals surface area contributed by atoms with Crippen LogP contribution in [-0.4, -0.2) is 25.0 Å². The zero-order valence-electron chi connectivity index (χ0n) is 6.43. The normalized spacial score (nSPS) is 9.27. The third-order valence-corrected chi connectivity index (χ3v) is 1.06. The van der Waals surface area contributed by atoms with Crippen LogP contribution >= 0.6 is 0 Å². The molecule has 4 heteroatoms. The molecule has 0 N–H and O–H groups in total. The highest BCUT2D eigenvalue weighted by atomic mass is 19.1. The second-order valence-electron chi connectivity index (χ2n) is 1.98. The quantitative estimate of drug-likeness (QED) is 0.563. The van der Waals surface area contributed by atoms with Crippen molar-refractivity contribution in [3.63, 3.8) is 0 Å². The first-order valence-corrected chi connectivity index (χ1v) is 3.44. The third kappa shape index (κ3) is 5.51. The molecule has 64 valence electrons. The molecule has 0 aliphatic heterocycles. The van der Waals surface area contributed by atoms with Gasteiger partial charge in [-0.1, -0.05) is 0 Å². The molecule has 0 aliphatic rings. The molecule has 0 saturated heterocycles. The Morgan fingerprint density at radius 3 is 2.45 bits per heavy atom. The van der Waals surface area contributed by atoms with E-state index in [1.165, 1.54) is 0 Å². The minimum atomic E-state index is -1.00. The van der Waals surface area contributed by atoms with Gasteiger partial charge in [0, 0.05) is 6.42 Å². The molecule has 0 aliphatic carbocycles. The average Bonchev–Trinajstić information content (AvgIpc) is 2.01. The molecular weight excluding hydrogens is 151 g/mol. The molecule has 0 aromatic heterocycles. The maximum absolute atomic E-state index is 11.5. The van der Waals surface area contributed by atoms with Crippen molar-refractivity contribution >= 4 is 11.8 Å². The van der Waals surface area contributed by atoms with Crippen LogP contribution < -0.4 is 0 Å². The molecule has 0 fully saturated rings. The summed E-state index contributed by atoms with van der Waals surface area (Å²) in [4.78, 5) is 20.9. The number of rotatable bonds is 5. The average molecular weight is 162 g/mol. The Bertz CT molecular complexity index is 145. The van der Waals surface area contributed by atoms with E-state index in [9.17, 15) is 14.0 Å². The van der Waals surface area contributed by atoms with E-state index in [1.54, 1.807) is 6.92 Å². The van der Waals surface area contributed by atoms with Gasteiger partial charge in [-0.05, 0) is 6.92 Å².